The molecule has 0 N–H and O–H groups in total. The van der Waals surface area contributed by atoms with Gasteiger partial charge in [0.25, 0.3) is 0 Å². The number of amides is 2. The maximum absolute atomic E-state index is 13.0. The Kier molecular flexibility index (Phi) is 6.16. The highest BCUT2D eigenvalue weighted by Gasteiger charge is 2.34. The van der Waals surface area contributed by atoms with Crippen LogP contribution >= 0.6 is 0 Å². The van der Waals surface area contributed by atoms with Crippen LogP contribution in [0.3, 0.4) is 0 Å². The topological polar surface area (TPSA) is 74.8 Å². The summed E-state index contributed by atoms with van der Waals surface area (Å²) in [5.74, 6) is -0.846. The second kappa shape index (κ2) is 7.95. The molecule has 0 aliphatic carbocycles. The standard InChI is InChI=1S/C17H23FN2O4S/c1-3-20(16-8-9-25(23,24)12-16)17(22)11-19(13(2)21)10-14-4-6-15(18)7-5-14/h4-7,16H,3,8-12H2,1-2H3. The first-order valence-electron chi connectivity index (χ1n) is 8.21. The van der Waals surface area contributed by atoms with Crippen LogP contribution in [-0.4, -0.2) is 60.7 Å². The zero-order valence-corrected chi connectivity index (χ0v) is 15.3. The molecular formula is C17H23FN2O4S. The Labute approximate surface area is 147 Å². The number of carbonyl (C=O) groups excluding carboxylic acids is 2. The zero-order valence-electron chi connectivity index (χ0n) is 14.4. The molecule has 0 saturated carbocycles. The monoisotopic (exact) mass is 370 g/mol. The Balaban J connectivity index is 2.05. The molecule has 0 bridgehead atoms. The second-order valence-corrected chi connectivity index (χ2v) is 8.47. The molecule has 1 saturated heterocycles. The molecule has 1 aromatic rings. The van der Waals surface area contributed by atoms with Crippen molar-refractivity contribution in [3.05, 3.63) is 35.6 Å². The lowest BCUT2D eigenvalue weighted by Crippen LogP contribution is -2.47. The average molecular weight is 370 g/mol. The SMILES string of the molecule is CCN(C(=O)CN(Cc1ccc(F)cc1)C(C)=O)C1CCS(=O)(=O)C1. The van der Waals surface area contributed by atoms with Gasteiger partial charge in [-0.2, -0.15) is 0 Å². The summed E-state index contributed by atoms with van der Waals surface area (Å²) in [6.45, 7) is 3.62. The van der Waals surface area contributed by atoms with Gasteiger partial charge in [0, 0.05) is 26.1 Å². The first-order chi connectivity index (χ1) is 11.7. The number of halogens is 1. The third kappa shape index (κ3) is 5.26. The van der Waals surface area contributed by atoms with Gasteiger partial charge in [-0.05, 0) is 31.0 Å². The van der Waals surface area contributed by atoms with Crippen LogP contribution in [0.4, 0.5) is 4.39 Å². The second-order valence-electron chi connectivity index (χ2n) is 6.24. The Bertz CT molecular complexity index is 734. The molecule has 8 heteroatoms. The number of sulfone groups is 1. The van der Waals surface area contributed by atoms with Gasteiger partial charge in [-0.1, -0.05) is 12.1 Å². The van der Waals surface area contributed by atoms with Crippen LogP contribution in [0.5, 0.6) is 0 Å². The van der Waals surface area contributed by atoms with Gasteiger partial charge in [0.05, 0.1) is 11.5 Å². The predicted molar refractivity (Wildman–Crippen MR) is 91.9 cm³/mol. The third-order valence-electron chi connectivity index (χ3n) is 4.37. The van der Waals surface area contributed by atoms with Gasteiger partial charge in [-0.15, -0.1) is 0 Å². The van der Waals surface area contributed by atoms with Crippen LogP contribution in [0.25, 0.3) is 0 Å². The van der Waals surface area contributed by atoms with E-state index >= 15 is 0 Å². The molecule has 1 unspecified atom stereocenters. The van der Waals surface area contributed by atoms with Crippen LogP contribution in [0.1, 0.15) is 25.8 Å². The predicted octanol–water partition coefficient (Wildman–Crippen LogP) is 1.21. The summed E-state index contributed by atoms with van der Waals surface area (Å²) < 4.78 is 36.3. The van der Waals surface area contributed by atoms with Crippen molar-refractivity contribution in [1.29, 1.82) is 0 Å². The largest absolute Gasteiger partial charge is 0.337 e. The summed E-state index contributed by atoms with van der Waals surface area (Å²) in [5, 5.41) is 0. The number of likely N-dealkylation sites (N-methyl/N-ethyl adjacent to an activating group) is 1. The highest BCUT2D eigenvalue weighted by molar-refractivity contribution is 7.91. The minimum Gasteiger partial charge on any atom is -0.337 e. The molecule has 1 atom stereocenters. The molecule has 1 aliphatic rings. The highest BCUT2D eigenvalue weighted by atomic mass is 32.2. The van der Waals surface area contributed by atoms with E-state index in [0.717, 1.165) is 5.56 Å². The lowest BCUT2D eigenvalue weighted by atomic mass is 10.2. The van der Waals surface area contributed by atoms with E-state index in [1.807, 2.05) is 0 Å². The van der Waals surface area contributed by atoms with E-state index in [1.54, 1.807) is 19.1 Å². The number of rotatable bonds is 6. The number of nitrogens with zero attached hydrogens (tertiary/aromatic N) is 2. The minimum absolute atomic E-state index is 0.0232. The summed E-state index contributed by atoms with van der Waals surface area (Å²) in [6, 6.07) is 5.41. The lowest BCUT2D eigenvalue weighted by Gasteiger charge is -2.30. The highest BCUT2D eigenvalue weighted by Crippen LogP contribution is 2.18. The van der Waals surface area contributed by atoms with Crippen molar-refractivity contribution in [3.63, 3.8) is 0 Å². The molecule has 1 aromatic carbocycles. The smallest absolute Gasteiger partial charge is 0.242 e. The molecule has 25 heavy (non-hydrogen) atoms. The fourth-order valence-corrected chi connectivity index (χ4v) is 4.73. The van der Waals surface area contributed by atoms with E-state index in [4.69, 9.17) is 0 Å². The fraction of sp³-hybridized carbons (Fsp3) is 0.529. The lowest BCUT2D eigenvalue weighted by molar-refractivity contribution is -0.140. The van der Waals surface area contributed by atoms with Crippen LogP contribution < -0.4 is 0 Å². The first-order valence-corrected chi connectivity index (χ1v) is 10.0. The molecule has 138 valence electrons. The number of hydrogen-bond donors (Lipinski definition) is 0. The Morgan fingerprint density at radius 1 is 1.24 bits per heavy atom. The average Bonchev–Trinajstić information content (AvgIpc) is 2.89. The van der Waals surface area contributed by atoms with Crippen molar-refractivity contribution in [2.45, 2.75) is 32.9 Å². The molecule has 0 spiro atoms. The van der Waals surface area contributed by atoms with Gasteiger partial charge in [-0.25, -0.2) is 12.8 Å². The van der Waals surface area contributed by atoms with Crippen molar-refractivity contribution < 1.29 is 22.4 Å². The number of benzene rings is 1. The number of hydrogen-bond acceptors (Lipinski definition) is 4. The summed E-state index contributed by atoms with van der Waals surface area (Å²) in [4.78, 5) is 27.4. The van der Waals surface area contributed by atoms with E-state index in [0.29, 0.717) is 13.0 Å². The van der Waals surface area contributed by atoms with Crippen molar-refractivity contribution in [3.8, 4) is 0 Å². The van der Waals surface area contributed by atoms with Gasteiger partial charge < -0.3 is 9.80 Å². The van der Waals surface area contributed by atoms with Gasteiger partial charge in [0.1, 0.15) is 12.4 Å². The van der Waals surface area contributed by atoms with Crippen LogP contribution in [-0.2, 0) is 26.0 Å². The van der Waals surface area contributed by atoms with E-state index < -0.39 is 9.84 Å². The molecule has 0 aromatic heterocycles. The summed E-state index contributed by atoms with van der Waals surface area (Å²) >= 11 is 0. The number of carbonyl (C=O) groups is 2. The summed E-state index contributed by atoms with van der Waals surface area (Å²) in [6.07, 6.45) is 0.431. The Morgan fingerprint density at radius 2 is 1.88 bits per heavy atom. The Morgan fingerprint density at radius 3 is 2.36 bits per heavy atom. The quantitative estimate of drug-likeness (QED) is 0.754. The van der Waals surface area contributed by atoms with E-state index in [1.165, 1.54) is 28.9 Å². The molecule has 1 aliphatic heterocycles. The van der Waals surface area contributed by atoms with Crippen molar-refractivity contribution in [1.82, 2.24) is 9.80 Å². The molecule has 2 rings (SSSR count). The van der Waals surface area contributed by atoms with Gasteiger partial charge in [0.2, 0.25) is 11.8 Å². The van der Waals surface area contributed by atoms with Gasteiger partial charge in [-0.3, -0.25) is 9.59 Å². The van der Waals surface area contributed by atoms with Crippen molar-refractivity contribution in [2.75, 3.05) is 24.6 Å². The molecule has 1 heterocycles. The third-order valence-corrected chi connectivity index (χ3v) is 6.12. The van der Waals surface area contributed by atoms with Crippen molar-refractivity contribution >= 4 is 21.7 Å². The molecule has 2 amide bonds. The molecule has 6 nitrogen and oxygen atoms in total. The van der Waals surface area contributed by atoms with Crippen LogP contribution in [0, 0.1) is 5.82 Å². The zero-order chi connectivity index (χ0) is 18.6. The van der Waals surface area contributed by atoms with Gasteiger partial charge in [0.15, 0.2) is 9.84 Å². The normalized spacial score (nSPS) is 18.8. The first kappa shape index (κ1) is 19.4. The van der Waals surface area contributed by atoms with Crippen molar-refractivity contribution in [2.24, 2.45) is 0 Å². The molecular weight excluding hydrogens is 347 g/mol. The minimum atomic E-state index is -3.09. The van der Waals surface area contributed by atoms with E-state index in [-0.39, 0.29) is 48.3 Å². The van der Waals surface area contributed by atoms with Crippen LogP contribution in [0.2, 0.25) is 0 Å². The summed E-state index contributed by atoms with van der Waals surface area (Å²) in [5.41, 5.74) is 0.718. The Hall–Kier alpha value is -1.96. The van der Waals surface area contributed by atoms with Crippen LogP contribution in [0.15, 0.2) is 24.3 Å². The maximum atomic E-state index is 13.0. The summed E-state index contributed by atoms with van der Waals surface area (Å²) in [7, 11) is -3.09. The van der Waals surface area contributed by atoms with E-state index in [9.17, 15) is 22.4 Å². The fourth-order valence-electron chi connectivity index (χ4n) is 3.00. The molecule has 1 fully saturated rings. The van der Waals surface area contributed by atoms with Gasteiger partial charge >= 0.3 is 0 Å². The van der Waals surface area contributed by atoms with E-state index in [2.05, 4.69) is 0 Å². The molecule has 0 radical (unpaired) electrons. The maximum Gasteiger partial charge on any atom is 0.242 e.